The van der Waals surface area contributed by atoms with Crippen molar-refractivity contribution in [2.45, 2.75) is 0 Å². The standard InChI is InChI=1S/C46H28N4O/c1-4-14-29(15-5-1)36-28-37(30-16-6-2-7-17-30)48-46(47-36)50-38-22-12-10-21-34(38)42-39(50)27-25-35-43-40(49(44(35)42)31-18-8-3-9-19-31)26-24-33-32-20-11-13-23-41(32)51-45(33)43/h1-28H. The molecule has 4 aromatic heterocycles. The maximum absolute atomic E-state index is 6.67. The largest absolute Gasteiger partial charge is 0.455 e. The highest BCUT2D eigenvalue weighted by Crippen LogP contribution is 2.45. The number of hydrogen-bond donors (Lipinski definition) is 0. The van der Waals surface area contributed by atoms with Crippen LogP contribution < -0.4 is 0 Å². The van der Waals surface area contributed by atoms with Crippen LogP contribution in [-0.4, -0.2) is 19.1 Å². The van der Waals surface area contributed by atoms with Gasteiger partial charge in [0.05, 0.1) is 38.8 Å². The van der Waals surface area contributed by atoms with Gasteiger partial charge in [-0.2, -0.15) is 0 Å². The van der Waals surface area contributed by atoms with E-state index in [4.69, 9.17) is 14.4 Å². The summed E-state index contributed by atoms with van der Waals surface area (Å²) in [6.45, 7) is 0. The smallest absolute Gasteiger partial charge is 0.235 e. The highest BCUT2D eigenvalue weighted by molar-refractivity contribution is 6.30. The highest BCUT2D eigenvalue weighted by Gasteiger charge is 2.24. The Hall–Kier alpha value is -6.98. The fraction of sp³-hybridized carbons (Fsp3) is 0. The molecule has 4 heterocycles. The molecule has 0 aliphatic carbocycles. The molecular weight excluding hydrogens is 625 g/mol. The van der Waals surface area contributed by atoms with Crippen LogP contribution in [0.25, 0.3) is 99.7 Å². The number of aromatic nitrogens is 4. The van der Waals surface area contributed by atoms with Gasteiger partial charge in [0.2, 0.25) is 5.95 Å². The molecule has 0 aliphatic heterocycles. The number of rotatable bonds is 4. The maximum Gasteiger partial charge on any atom is 0.235 e. The van der Waals surface area contributed by atoms with E-state index in [1.165, 1.54) is 0 Å². The maximum atomic E-state index is 6.67. The van der Waals surface area contributed by atoms with E-state index >= 15 is 0 Å². The molecule has 0 radical (unpaired) electrons. The minimum Gasteiger partial charge on any atom is -0.455 e. The summed E-state index contributed by atoms with van der Waals surface area (Å²) in [6, 6.07) is 59.3. The molecule has 0 fully saturated rings. The molecule has 0 saturated carbocycles. The van der Waals surface area contributed by atoms with Crippen molar-refractivity contribution in [1.29, 1.82) is 0 Å². The molecule has 5 nitrogen and oxygen atoms in total. The second kappa shape index (κ2) is 10.8. The molecular formula is C46H28N4O. The number of fused-ring (bicyclic) bond motifs is 11. The van der Waals surface area contributed by atoms with Crippen LogP contribution >= 0.6 is 0 Å². The minimum atomic E-state index is 0.628. The van der Waals surface area contributed by atoms with E-state index in [9.17, 15) is 0 Å². The molecule has 0 bridgehead atoms. The molecule has 5 heteroatoms. The van der Waals surface area contributed by atoms with Gasteiger partial charge < -0.3 is 8.98 Å². The van der Waals surface area contributed by atoms with Gasteiger partial charge in [0.15, 0.2) is 0 Å². The molecule has 0 atom stereocenters. The van der Waals surface area contributed by atoms with Crippen molar-refractivity contribution in [2.24, 2.45) is 0 Å². The van der Waals surface area contributed by atoms with Crippen molar-refractivity contribution >= 4 is 65.6 Å². The molecule has 7 aromatic carbocycles. The summed E-state index contributed by atoms with van der Waals surface area (Å²) < 4.78 is 11.3. The average molecular weight is 653 g/mol. The lowest BCUT2D eigenvalue weighted by Gasteiger charge is -2.12. The van der Waals surface area contributed by atoms with Gasteiger partial charge in [-0.1, -0.05) is 115 Å². The minimum absolute atomic E-state index is 0.628. The summed E-state index contributed by atoms with van der Waals surface area (Å²) in [5.74, 6) is 0.628. The van der Waals surface area contributed by atoms with Crippen molar-refractivity contribution in [3.8, 4) is 34.2 Å². The van der Waals surface area contributed by atoms with Crippen LogP contribution in [0.2, 0.25) is 0 Å². The third-order valence-corrected chi connectivity index (χ3v) is 10.1. The van der Waals surface area contributed by atoms with Crippen molar-refractivity contribution in [3.63, 3.8) is 0 Å². The zero-order valence-electron chi connectivity index (χ0n) is 27.4. The number of furan rings is 1. The summed E-state index contributed by atoms with van der Waals surface area (Å²) in [7, 11) is 0. The van der Waals surface area contributed by atoms with Crippen LogP contribution in [-0.2, 0) is 0 Å². The fourth-order valence-electron chi connectivity index (χ4n) is 7.93. The first kappa shape index (κ1) is 27.9. The van der Waals surface area contributed by atoms with E-state index in [2.05, 4.69) is 161 Å². The first-order valence-corrected chi connectivity index (χ1v) is 17.2. The zero-order chi connectivity index (χ0) is 33.5. The van der Waals surface area contributed by atoms with Crippen LogP contribution in [0.3, 0.4) is 0 Å². The molecule has 238 valence electrons. The molecule has 11 rings (SSSR count). The zero-order valence-corrected chi connectivity index (χ0v) is 27.4. The molecule has 0 unspecified atom stereocenters. The number of benzene rings is 7. The Labute approximate surface area is 292 Å². The lowest BCUT2D eigenvalue weighted by atomic mass is 10.1. The number of para-hydroxylation sites is 3. The average Bonchev–Trinajstić information content (AvgIpc) is 3.86. The van der Waals surface area contributed by atoms with Crippen LogP contribution in [0, 0.1) is 0 Å². The SMILES string of the molecule is c1ccc(-c2cc(-c3ccccc3)nc(-n3c4ccccc4c4c3ccc3c5c6oc7ccccc7c6ccc5n(-c5ccccc5)c34)n2)cc1. The van der Waals surface area contributed by atoms with E-state index < -0.39 is 0 Å². The molecule has 0 aliphatic rings. The Kier molecular flexibility index (Phi) is 5.89. The Morgan fingerprint density at radius 1 is 0.412 bits per heavy atom. The molecule has 0 N–H and O–H groups in total. The van der Waals surface area contributed by atoms with Crippen molar-refractivity contribution in [2.75, 3.05) is 0 Å². The predicted molar refractivity (Wildman–Crippen MR) is 209 cm³/mol. The summed E-state index contributed by atoms with van der Waals surface area (Å²) in [4.78, 5) is 10.5. The van der Waals surface area contributed by atoms with E-state index in [-0.39, 0.29) is 0 Å². The normalized spacial score (nSPS) is 11.9. The lowest BCUT2D eigenvalue weighted by molar-refractivity contribution is 0.673. The van der Waals surface area contributed by atoms with Crippen molar-refractivity contribution in [1.82, 2.24) is 19.1 Å². The summed E-state index contributed by atoms with van der Waals surface area (Å²) >= 11 is 0. The quantitative estimate of drug-likeness (QED) is 0.190. The van der Waals surface area contributed by atoms with Crippen LogP contribution in [0.5, 0.6) is 0 Å². The molecule has 11 aromatic rings. The van der Waals surface area contributed by atoms with Crippen LogP contribution in [0.1, 0.15) is 0 Å². The molecule has 0 spiro atoms. The Bertz CT molecular complexity index is 3060. The second-order valence-corrected chi connectivity index (χ2v) is 13.0. The van der Waals surface area contributed by atoms with Gasteiger partial charge in [0.1, 0.15) is 11.2 Å². The Morgan fingerprint density at radius 2 is 0.980 bits per heavy atom. The van der Waals surface area contributed by atoms with Gasteiger partial charge in [-0.3, -0.25) is 4.57 Å². The van der Waals surface area contributed by atoms with E-state index in [1.54, 1.807) is 0 Å². The fourth-order valence-corrected chi connectivity index (χ4v) is 7.93. The second-order valence-electron chi connectivity index (χ2n) is 13.0. The van der Waals surface area contributed by atoms with Gasteiger partial charge in [0.25, 0.3) is 0 Å². The number of hydrogen-bond acceptors (Lipinski definition) is 3. The summed E-state index contributed by atoms with van der Waals surface area (Å²) in [5, 5.41) is 6.76. The van der Waals surface area contributed by atoms with Crippen LogP contribution in [0.4, 0.5) is 0 Å². The van der Waals surface area contributed by atoms with Crippen molar-refractivity contribution in [3.05, 3.63) is 170 Å². The molecule has 0 saturated heterocycles. The van der Waals surface area contributed by atoms with Gasteiger partial charge in [0, 0.05) is 43.7 Å². The first-order valence-electron chi connectivity index (χ1n) is 17.2. The summed E-state index contributed by atoms with van der Waals surface area (Å²) in [5.41, 5.74) is 11.0. The van der Waals surface area contributed by atoms with E-state index in [0.29, 0.717) is 5.95 Å². The van der Waals surface area contributed by atoms with Gasteiger partial charge in [-0.05, 0) is 54.6 Å². The van der Waals surface area contributed by atoms with E-state index in [0.717, 1.165) is 93.8 Å². The van der Waals surface area contributed by atoms with Gasteiger partial charge >= 0.3 is 0 Å². The lowest BCUT2D eigenvalue weighted by Crippen LogP contribution is -2.04. The monoisotopic (exact) mass is 652 g/mol. The van der Waals surface area contributed by atoms with Gasteiger partial charge in [-0.15, -0.1) is 0 Å². The molecule has 51 heavy (non-hydrogen) atoms. The first-order chi connectivity index (χ1) is 25.3. The topological polar surface area (TPSA) is 48.8 Å². The third kappa shape index (κ3) is 4.09. The Balaban J connectivity index is 1.30. The van der Waals surface area contributed by atoms with E-state index in [1.807, 2.05) is 18.2 Å². The predicted octanol–water partition coefficient (Wildman–Crippen LogP) is 11.9. The van der Waals surface area contributed by atoms with Crippen molar-refractivity contribution < 1.29 is 4.42 Å². The van der Waals surface area contributed by atoms with Crippen LogP contribution in [0.15, 0.2) is 174 Å². The van der Waals surface area contributed by atoms with Gasteiger partial charge in [-0.25, -0.2) is 9.97 Å². The third-order valence-electron chi connectivity index (χ3n) is 10.1. The molecule has 0 amide bonds. The summed E-state index contributed by atoms with van der Waals surface area (Å²) in [6.07, 6.45) is 0. The highest BCUT2D eigenvalue weighted by atomic mass is 16.3. The number of nitrogens with zero attached hydrogens (tertiary/aromatic N) is 4. The Morgan fingerprint density at radius 3 is 1.69 bits per heavy atom.